The number of aromatic nitrogens is 1. The van der Waals surface area contributed by atoms with Gasteiger partial charge in [0.15, 0.2) is 11.4 Å². The average molecular weight is 439 g/mol. The quantitative estimate of drug-likeness (QED) is 0.543. The second kappa shape index (κ2) is 9.23. The Morgan fingerprint density at radius 1 is 1.14 bits per heavy atom. The number of hydrogen-bond acceptors (Lipinski definition) is 5. The van der Waals surface area contributed by atoms with Crippen LogP contribution in [0.25, 0.3) is 10.2 Å². The van der Waals surface area contributed by atoms with Gasteiger partial charge >= 0.3 is 5.97 Å². The normalized spacial score (nSPS) is 11.6. The third kappa shape index (κ3) is 4.73. The number of halogens is 2. The fourth-order valence-corrected chi connectivity index (χ4v) is 4.00. The van der Waals surface area contributed by atoms with Crippen molar-refractivity contribution in [3.05, 3.63) is 57.3 Å². The molecule has 0 fully saturated rings. The maximum absolute atomic E-state index is 12.3. The second-order valence-electron chi connectivity index (χ2n) is 5.59. The Balaban J connectivity index is 1.96. The maximum Gasteiger partial charge on any atom is 0.326 e. The third-order valence-electron chi connectivity index (χ3n) is 3.65. The van der Waals surface area contributed by atoms with Gasteiger partial charge in [-0.2, -0.15) is 4.99 Å². The van der Waals surface area contributed by atoms with Crippen LogP contribution >= 0.6 is 34.5 Å². The Hall–Kier alpha value is -2.35. The van der Waals surface area contributed by atoms with Crippen LogP contribution in [0.5, 0.6) is 5.75 Å². The lowest BCUT2D eigenvalue weighted by Crippen LogP contribution is -2.24. The van der Waals surface area contributed by atoms with Gasteiger partial charge in [-0.3, -0.25) is 9.59 Å². The molecule has 1 aromatic heterocycles. The summed E-state index contributed by atoms with van der Waals surface area (Å²) in [4.78, 5) is 28.8. The van der Waals surface area contributed by atoms with Gasteiger partial charge in [0.2, 0.25) is 0 Å². The van der Waals surface area contributed by atoms with Crippen molar-refractivity contribution >= 4 is 56.6 Å². The molecule has 1 heterocycles. The predicted octanol–water partition coefficient (Wildman–Crippen LogP) is 4.08. The van der Waals surface area contributed by atoms with Gasteiger partial charge in [0.25, 0.3) is 5.91 Å². The Bertz CT molecular complexity index is 1080. The minimum atomic E-state index is -0.491. The fourth-order valence-electron chi connectivity index (χ4n) is 2.47. The first-order valence-electron chi connectivity index (χ1n) is 8.38. The highest BCUT2D eigenvalue weighted by molar-refractivity contribution is 7.16. The molecule has 28 heavy (non-hydrogen) atoms. The molecule has 0 aliphatic heterocycles. The minimum absolute atomic E-state index is 0.139. The summed E-state index contributed by atoms with van der Waals surface area (Å²) >= 11 is 13.7. The minimum Gasteiger partial charge on any atom is -0.484 e. The lowest BCUT2D eigenvalue weighted by molar-refractivity contribution is -0.143. The van der Waals surface area contributed by atoms with Gasteiger partial charge in [0.05, 0.1) is 26.9 Å². The van der Waals surface area contributed by atoms with E-state index in [1.165, 1.54) is 15.9 Å². The van der Waals surface area contributed by atoms with Gasteiger partial charge in [-0.25, -0.2) is 0 Å². The second-order valence-corrected chi connectivity index (χ2v) is 7.39. The van der Waals surface area contributed by atoms with Crippen LogP contribution in [0, 0.1) is 0 Å². The molecule has 0 unspecified atom stereocenters. The van der Waals surface area contributed by atoms with Crippen molar-refractivity contribution in [1.82, 2.24) is 4.57 Å². The van der Waals surface area contributed by atoms with E-state index < -0.39 is 11.9 Å². The van der Waals surface area contributed by atoms with E-state index in [0.717, 1.165) is 4.70 Å². The van der Waals surface area contributed by atoms with Crippen molar-refractivity contribution in [2.24, 2.45) is 4.99 Å². The van der Waals surface area contributed by atoms with Crippen LogP contribution in [0.15, 0.2) is 47.5 Å². The van der Waals surface area contributed by atoms with Crippen molar-refractivity contribution in [2.75, 3.05) is 13.2 Å². The number of thiazole rings is 1. The molecule has 0 bridgehead atoms. The molecule has 0 N–H and O–H groups in total. The van der Waals surface area contributed by atoms with Crippen molar-refractivity contribution in [3.63, 3.8) is 0 Å². The number of amides is 1. The summed E-state index contributed by atoms with van der Waals surface area (Å²) in [6.07, 6.45) is 0. The van der Waals surface area contributed by atoms with E-state index in [9.17, 15) is 9.59 Å². The molecule has 0 aliphatic carbocycles. The number of rotatable bonds is 6. The van der Waals surface area contributed by atoms with Crippen molar-refractivity contribution in [3.8, 4) is 5.75 Å². The van der Waals surface area contributed by atoms with Crippen LogP contribution in [-0.2, 0) is 20.9 Å². The van der Waals surface area contributed by atoms with E-state index >= 15 is 0 Å². The molecule has 1 amide bonds. The van der Waals surface area contributed by atoms with Gasteiger partial charge < -0.3 is 14.0 Å². The number of ether oxygens (including phenoxy) is 2. The molecule has 0 spiro atoms. The summed E-state index contributed by atoms with van der Waals surface area (Å²) in [5.74, 6) is -0.389. The number of carbonyl (C=O) groups is 2. The van der Waals surface area contributed by atoms with Crippen molar-refractivity contribution in [1.29, 1.82) is 0 Å². The molecule has 0 aliphatic rings. The van der Waals surface area contributed by atoms with Gasteiger partial charge in [0.1, 0.15) is 12.3 Å². The van der Waals surface area contributed by atoms with E-state index in [1.54, 1.807) is 31.2 Å². The number of benzene rings is 2. The molecule has 0 radical (unpaired) electrons. The topological polar surface area (TPSA) is 69.9 Å². The lowest BCUT2D eigenvalue weighted by atomic mass is 10.3. The van der Waals surface area contributed by atoms with E-state index in [-0.39, 0.29) is 24.8 Å². The van der Waals surface area contributed by atoms with Crippen molar-refractivity contribution < 1.29 is 19.1 Å². The molecule has 6 nitrogen and oxygen atoms in total. The Morgan fingerprint density at radius 3 is 2.61 bits per heavy atom. The van der Waals surface area contributed by atoms with E-state index in [2.05, 4.69) is 4.99 Å². The highest BCUT2D eigenvalue weighted by Crippen LogP contribution is 2.32. The molecule has 2 aromatic carbocycles. The fraction of sp³-hybridized carbons (Fsp3) is 0.211. The highest BCUT2D eigenvalue weighted by atomic mass is 35.5. The smallest absolute Gasteiger partial charge is 0.326 e. The lowest BCUT2D eigenvalue weighted by Gasteiger charge is -2.07. The summed E-state index contributed by atoms with van der Waals surface area (Å²) in [5, 5.41) is 0.629. The van der Waals surface area contributed by atoms with Gasteiger partial charge in [-0.05, 0) is 31.2 Å². The Labute approximate surface area is 174 Å². The van der Waals surface area contributed by atoms with Crippen molar-refractivity contribution in [2.45, 2.75) is 13.5 Å². The zero-order valence-corrected chi connectivity index (χ0v) is 17.2. The molecule has 9 heteroatoms. The number of carbonyl (C=O) groups excluding carboxylic acids is 2. The molecule has 3 aromatic rings. The van der Waals surface area contributed by atoms with Crippen LogP contribution in [0.2, 0.25) is 10.0 Å². The standard InChI is InChI=1S/C19H16Cl2N2O4S/c1-2-26-16(25)10-23-18-14(9-8-13(20)17(18)21)28-19(23)22-15(24)11-27-12-6-4-3-5-7-12/h3-9H,2,10-11H2,1H3. The first-order chi connectivity index (χ1) is 13.5. The Morgan fingerprint density at radius 2 is 1.89 bits per heavy atom. The van der Waals surface area contributed by atoms with E-state index in [1.807, 2.05) is 18.2 Å². The number of esters is 1. The van der Waals surface area contributed by atoms with Gasteiger partial charge in [0, 0.05) is 0 Å². The van der Waals surface area contributed by atoms with Crippen LogP contribution in [0.4, 0.5) is 0 Å². The van der Waals surface area contributed by atoms with Gasteiger partial charge in [-0.1, -0.05) is 52.7 Å². The molecular formula is C19H16Cl2N2O4S. The third-order valence-corrected chi connectivity index (χ3v) is 5.49. The van der Waals surface area contributed by atoms with E-state index in [4.69, 9.17) is 32.7 Å². The van der Waals surface area contributed by atoms with Crippen LogP contribution in [0.1, 0.15) is 6.92 Å². The molecule has 0 atom stereocenters. The van der Waals surface area contributed by atoms with E-state index in [0.29, 0.717) is 21.1 Å². The molecule has 0 saturated carbocycles. The maximum atomic E-state index is 12.3. The number of nitrogens with zero attached hydrogens (tertiary/aromatic N) is 2. The summed E-state index contributed by atoms with van der Waals surface area (Å²) in [7, 11) is 0. The molecule has 3 rings (SSSR count). The SMILES string of the molecule is CCOC(=O)Cn1c(=NC(=O)COc2ccccc2)sc2ccc(Cl)c(Cl)c21. The highest BCUT2D eigenvalue weighted by Gasteiger charge is 2.16. The summed E-state index contributed by atoms with van der Waals surface area (Å²) in [6, 6.07) is 12.4. The largest absolute Gasteiger partial charge is 0.484 e. The molecular weight excluding hydrogens is 423 g/mol. The van der Waals surface area contributed by atoms with Crippen LogP contribution in [0.3, 0.4) is 0 Å². The monoisotopic (exact) mass is 438 g/mol. The van der Waals surface area contributed by atoms with Crippen LogP contribution in [-0.4, -0.2) is 29.7 Å². The number of fused-ring (bicyclic) bond motifs is 1. The first-order valence-corrected chi connectivity index (χ1v) is 9.95. The number of hydrogen-bond donors (Lipinski definition) is 0. The molecule has 0 saturated heterocycles. The zero-order valence-electron chi connectivity index (χ0n) is 14.9. The summed E-state index contributed by atoms with van der Waals surface area (Å²) in [5.41, 5.74) is 0.530. The average Bonchev–Trinajstić information content (AvgIpc) is 3.02. The first kappa shape index (κ1) is 20.4. The zero-order chi connectivity index (χ0) is 20.1. The predicted molar refractivity (Wildman–Crippen MR) is 109 cm³/mol. The van der Waals surface area contributed by atoms with Gasteiger partial charge in [-0.15, -0.1) is 0 Å². The summed E-state index contributed by atoms with van der Waals surface area (Å²) < 4.78 is 12.7. The molecule has 146 valence electrons. The summed E-state index contributed by atoms with van der Waals surface area (Å²) in [6.45, 7) is 1.59. The van der Waals surface area contributed by atoms with Crippen LogP contribution < -0.4 is 9.54 Å². The number of para-hydroxylation sites is 1. The Kier molecular flexibility index (Phi) is 6.72.